The van der Waals surface area contributed by atoms with Gasteiger partial charge in [0.25, 0.3) is 0 Å². The largest absolute Gasteiger partial charge is 0.388 e. The van der Waals surface area contributed by atoms with E-state index in [0.717, 1.165) is 15.6 Å². The molecule has 1 atom stereocenters. The number of amides is 1. The fraction of sp³-hybridized carbons (Fsp3) is 0.467. The van der Waals surface area contributed by atoms with Gasteiger partial charge >= 0.3 is 0 Å². The van der Waals surface area contributed by atoms with Crippen molar-refractivity contribution in [2.75, 3.05) is 6.54 Å². The number of thiophene rings is 1. The van der Waals surface area contributed by atoms with Crippen LogP contribution in [0.1, 0.15) is 26.5 Å². The van der Waals surface area contributed by atoms with Crippen molar-refractivity contribution < 1.29 is 9.90 Å². The molecule has 0 saturated heterocycles. The van der Waals surface area contributed by atoms with Gasteiger partial charge in [0.2, 0.25) is 5.91 Å². The Morgan fingerprint density at radius 1 is 1.48 bits per heavy atom. The van der Waals surface area contributed by atoms with Crippen LogP contribution >= 0.6 is 22.7 Å². The molecule has 1 unspecified atom stereocenters. The van der Waals surface area contributed by atoms with E-state index in [-0.39, 0.29) is 24.8 Å². The van der Waals surface area contributed by atoms with Crippen molar-refractivity contribution in [3.05, 3.63) is 28.6 Å². The van der Waals surface area contributed by atoms with Crippen LogP contribution in [0, 0.1) is 5.92 Å². The number of carbonyl (C=O) groups excluding carboxylic acids is 1. The highest BCUT2D eigenvalue weighted by molar-refractivity contribution is 7.20. The topological polar surface area (TPSA) is 62.2 Å². The summed E-state index contributed by atoms with van der Waals surface area (Å²) >= 11 is 3.19. The quantitative estimate of drug-likeness (QED) is 0.859. The first-order valence-electron chi connectivity index (χ1n) is 6.86. The molecule has 0 radical (unpaired) electrons. The molecule has 0 aliphatic heterocycles. The third-order valence-corrected chi connectivity index (χ3v) is 5.44. The summed E-state index contributed by atoms with van der Waals surface area (Å²) < 4.78 is 0. The number of thiazole rings is 1. The second kappa shape index (κ2) is 6.68. The minimum Gasteiger partial charge on any atom is -0.388 e. The van der Waals surface area contributed by atoms with E-state index in [2.05, 4.69) is 10.3 Å². The van der Waals surface area contributed by atoms with Gasteiger partial charge in [-0.3, -0.25) is 4.79 Å². The summed E-state index contributed by atoms with van der Waals surface area (Å²) in [5, 5.41) is 17.8. The van der Waals surface area contributed by atoms with Gasteiger partial charge in [0.1, 0.15) is 5.01 Å². The van der Waals surface area contributed by atoms with Gasteiger partial charge in [0.05, 0.1) is 22.6 Å². The fourth-order valence-electron chi connectivity index (χ4n) is 1.61. The monoisotopic (exact) mass is 324 g/mol. The van der Waals surface area contributed by atoms with Crippen LogP contribution in [0.2, 0.25) is 0 Å². The first kappa shape index (κ1) is 16.1. The molecule has 2 aromatic rings. The van der Waals surface area contributed by atoms with E-state index in [1.807, 2.05) is 36.7 Å². The summed E-state index contributed by atoms with van der Waals surface area (Å²) in [5.74, 6) is -0.0264. The van der Waals surface area contributed by atoms with Gasteiger partial charge in [0, 0.05) is 11.9 Å². The molecule has 6 heteroatoms. The van der Waals surface area contributed by atoms with Gasteiger partial charge in [-0.25, -0.2) is 4.98 Å². The van der Waals surface area contributed by atoms with Gasteiger partial charge in [-0.15, -0.1) is 22.7 Å². The lowest BCUT2D eigenvalue weighted by Gasteiger charge is -2.27. The normalized spacial score (nSPS) is 14.1. The molecule has 2 heterocycles. The molecule has 0 fully saturated rings. The van der Waals surface area contributed by atoms with E-state index in [1.54, 1.807) is 29.6 Å². The number of rotatable bonds is 6. The van der Waals surface area contributed by atoms with Gasteiger partial charge < -0.3 is 10.4 Å². The van der Waals surface area contributed by atoms with Crippen molar-refractivity contribution in [1.29, 1.82) is 0 Å². The van der Waals surface area contributed by atoms with Gasteiger partial charge in [-0.2, -0.15) is 0 Å². The zero-order chi connectivity index (χ0) is 15.5. The van der Waals surface area contributed by atoms with Gasteiger partial charge in [-0.1, -0.05) is 19.9 Å². The van der Waals surface area contributed by atoms with E-state index in [1.165, 1.54) is 0 Å². The number of nitrogens with one attached hydrogen (secondary N) is 1. The molecule has 0 spiro atoms. The maximum atomic E-state index is 11.9. The lowest BCUT2D eigenvalue weighted by Crippen LogP contribution is -2.44. The zero-order valence-electron chi connectivity index (χ0n) is 12.4. The molecule has 0 aromatic carbocycles. The van der Waals surface area contributed by atoms with Crippen LogP contribution in [0.3, 0.4) is 0 Å². The van der Waals surface area contributed by atoms with Crippen LogP contribution < -0.4 is 5.32 Å². The van der Waals surface area contributed by atoms with E-state index in [4.69, 9.17) is 0 Å². The molecule has 2 N–H and O–H groups in total. The highest BCUT2D eigenvalue weighted by atomic mass is 32.1. The molecular weight excluding hydrogens is 304 g/mol. The summed E-state index contributed by atoms with van der Waals surface area (Å²) in [5.41, 5.74) is -0.120. The second-order valence-corrected chi connectivity index (χ2v) is 7.39. The Morgan fingerprint density at radius 2 is 2.24 bits per heavy atom. The SMILES string of the molecule is CC(C)C(C)(O)CNC(=O)Cc1csc(-c2cccs2)n1. The molecule has 0 bridgehead atoms. The molecule has 0 aliphatic rings. The number of carbonyl (C=O) groups is 1. The number of nitrogens with zero attached hydrogens (tertiary/aromatic N) is 1. The molecular formula is C15H20N2O2S2. The predicted octanol–water partition coefficient (Wildman–Crippen LogP) is 2.94. The van der Waals surface area contributed by atoms with Crippen molar-refractivity contribution in [1.82, 2.24) is 10.3 Å². The minimum absolute atomic E-state index is 0.0857. The summed E-state index contributed by atoms with van der Waals surface area (Å²) in [4.78, 5) is 17.5. The maximum absolute atomic E-state index is 11.9. The Balaban J connectivity index is 1.89. The zero-order valence-corrected chi connectivity index (χ0v) is 14.1. The van der Waals surface area contributed by atoms with E-state index in [0.29, 0.717) is 0 Å². The highest BCUT2D eigenvalue weighted by Gasteiger charge is 2.25. The summed E-state index contributed by atoms with van der Waals surface area (Å²) in [6.45, 7) is 5.85. The van der Waals surface area contributed by atoms with Crippen molar-refractivity contribution in [3.8, 4) is 9.88 Å². The first-order chi connectivity index (χ1) is 9.88. The van der Waals surface area contributed by atoms with Crippen molar-refractivity contribution in [3.63, 3.8) is 0 Å². The summed E-state index contributed by atoms with van der Waals surface area (Å²) in [6.07, 6.45) is 0.246. The summed E-state index contributed by atoms with van der Waals surface area (Å²) in [6, 6.07) is 4.01. The van der Waals surface area contributed by atoms with Crippen LogP contribution in [-0.4, -0.2) is 28.1 Å². The van der Waals surface area contributed by atoms with E-state index < -0.39 is 5.60 Å². The third kappa shape index (κ3) is 4.36. The maximum Gasteiger partial charge on any atom is 0.226 e. The van der Waals surface area contributed by atoms with Gasteiger partial charge in [-0.05, 0) is 24.3 Å². The Labute approximate surface area is 132 Å². The van der Waals surface area contributed by atoms with Crippen LogP contribution in [-0.2, 0) is 11.2 Å². The van der Waals surface area contributed by atoms with Crippen molar-refractivity contribution in [2.45, 2.75) is 32.8 Å². The Hall–Kier alpha value is -1.24. The van der Waals surface area contributed by atoms with Crippen molar-refractivity contribution in [2.24, 2.45) is 5.92 Å². The smallest absolute Gasteiger partial charge is 0.226 e. The number of aromatic nitrogens is 1. The van der Waals surface area contributed by atoms with E-state index in [9.17, 15) is 9.90 Å². The van der Waals surface area contributed by atoms with Crippen molar-refractivity contribution >= 4 is 28.6 Å². The van der Waals surface area contributed by atoms with Crippen LogP contribution in [0.15, 0.2) is 22.9 Å². The highest BCUT2D eigenvalue weighted by Crippen LogP contribution is 2.27. The standard InChI is InChI=1S/C15H20N2O2S2/c1-10(2)15(3,19)9-16-13(18)7-11-8-21-14(17-11)12-5-4-6-20-12/h4-6,8,10,19H,7,9H2,1-3H3,(H,16,18). The number of hydrogen-bond acceptors (Lipinski definition) is 5. The molecule has 0 saturated carbocycles. The first-order valence-corrected chi connectivity index (χ1v) is 8.62. The predicted molar refractivity (Wildman–Crippen MR) is 87.6 cm³/mol. The molecule has 1 amide bonds. The minimum atomic E-state index is -0.889. The lowest BCUT2D eigenvalue weighted by molar-refractivity contribution is -0.122. The molecule has 2 rings (SSSR count). The van der Waals surface area contributed by atoms with E-state index >= 15 is 0 Å². The fourth-order valence-corrected chi connectivity index (χ4v) is 3.24. The van der Waals surface area contributed by atoms with Crippen LogP contribution in [0.5, 0.6) is 0 Å². The number of aliphatic hydroxyl groups is 1. The molecule has 114 valence electrons. The Morgan fingerprint density at radius 3 is 2.86 bits per heavy atom. The Bertz CT molecular complexity index is 589. The second-order valence-electron chi connectivity index (χ2n) is 5.59. The molecule has 4 nitrogen and oxygen atoms in total. The van der Waals surface area contributed by atoms with Crippen LogP contribution in [0.25, 0.3) is 9.88 Å². The lowest BCUT2D eigenvalue weighted by atomic mass is 9.92. The molecule has 0 aliphatic carbocycles. The average molecular weight is 324 g/mol. The molecule has 21 heavy (non-hydrogen) atoms. The Kier molecular flexibility index (Phi) is 5.13. The van der Waals surface area contributed by atoms with Gasteiger partial charge in [0.15, 0.2) is 0 Å². The van der Waals surface area contributed by atoms with Crippen LogP contribution in [0.4, 0.5) is 0 Å². The average Bonchev–Trinajstić information content (AvgIpc) is 3.06. The third-order valence-electron chi connectivity index (χ3n) is 3.51. The summed E-state index contributed by atoms with van der Waals surface area (Å²) in [7, 11) is 0. The molecule has 2 aromatic heterocycles. The number of hydrogen-bond donors (Lipinski definition) is 2.